The summed E-state index contributed by atoms with van der Waals surface area (Å²) >= 11 is 0. The van der Waals surface area contributed by atoms with E-state index in [2.05, 4.69) is 9.97 Å². The number of hydrogen-bond acceptors (Lipinski definition) is 7. The van der Waals surface area contributed by atoms with Crippen LogP contribution in [-0.2, 0) is 23.7 Å². The third kappa shape index (κ3) is 3.04. The van der Waals surface area contributed by atoms with E-state index >= 15 is 0 Å². The molecule has 2 aliphatic heterocycles. The summed E-state index contributed by atoms with van der Waals surface area (Å²) in [6.07, 6.45) is 0.163. The summed E-state index contributed by atoms with van der Waals surface area (Å²) in [5, 5.41) is 0. The first-order valence-electron chi connectivity index (χ1n) is 10.4. The Morgan fingerprint density at radius 1 is 0.938 bits per heavy atom. The van der Waals surface area contributed by atoms with Gasteiger partial charge in [0.1, 0.15) is 0 Å². The monoisotopic (exact) mass is 437 g/mol. The molecule has 11 heteroatoms. The average Bonchev–Trinajstić information content (AvgIpc) is 3.38. The molecular weight excluding hydrogens is 414 g/mol. The molecule has 4 heterocycles. The number of fused-ring (bicyclic) bond motifs is 1. The van der Waals surface area contributed by atoms with Gasteiger partial charge in [0.15, 0.2) is 11.2 Å². The molecule has 0 saturated carbocycles. The minimum absolute atomic E-state index is 0.163. The highest BCUT2D eigenvalue weighted by Crippen LogP contribution is 2.26. The standard InChI is InChI=1S/C21H23N7O4/c1-24-17-16(19(31)25(2)21(24)32)22-20(23-17)27-10-8-26(9-11-27)14-12-15(29)28(18(14)30)13-6-4-3-5-7-13/h3-7,14H,8-12H2,1-2H3,(H,22,23)/t14-/m1/s1. The van der Waals surface area contributed by atoms with Gasteiger partial charge in [0.25, 0.3) is 11.5 Å². The quantitative estimate of drug-likeness (QED) is 0.545. The van der Waals surface area contributed by atoms with Gasteiger partial charge in [0.05, 0.1) is 18.2 Å². The summed E-state index contributed by atoms with van der Waals surface area (Å²) in [5.74, 6) is 0.122. The van der Waals surface area contributed by atoms with Gasteiger partial charge in [-0.3, -0.25) is 28.4 Å². The molecular formula is C21H23N7O4. The molecule has 0 aliphatic carbocycles. The molecule has 1 N–H and O–H groups in total. The second-order valence-electron chi connectivity index (χ2n) is 8.11. The first kappa shape index (κ1) is 20.2. The van der Waals surface area contributed by atoms with Crippen LogP contribution in [0.4, 0.5) is 11.6 Å². The number of aryl methyl sites for hydroxylation is 1. The molecule has 0 radical (unpaired) electrons. The van der Waals surface area contributed by atoms with Gasteiger partial charge in [-0.25, -0.2) is 9.69 Å². The van der Waals surface area contributed by atoms with Crippen LogP contribution in [0, 0.1) is 0 Å². The molecule has 2 saturated heterocycles. The second-order valence-corrected chi connectivity index (χ2v) is 8.11. The maximum absolute atomic E-state index is 13.0. The average molecular weight is 437 g/mol. The Hall–Kier alpha value is -3.73. The van der Waals surface area contributed by atoms with Crippen LogP contribution in [0.5, 0.6) is 0 Å². The third-order valence-electron chi connectivity index (χ3n) is 6.27. The molecule has 2 fully saturated rings. The van der Waals surface area contributed by atoms with Gasteiger partial charge in [-0.1, -0.05) is 18.2 Å². The van der Waals surface area contributed by atoms with Crippen molar-refractivity contribution in [3.63, 3.8) is 0 Å². The lowest BCUT2D eigenvalue weighted by molar-refractivity contribution is -0.123. The van der Waals surface area contributed by atoms with Crippen molar-refractivity contribution in [3.05, 3.63) is 51.2 Å². The zero-order valence-electron chi connectivity index (χ0n) is 17.8. The van der Waals surface area contributed by atoms with Crippen LogP contribution >= 0.6 is 0 Å². The predicted molar refractivity (Wildman–Crippen MR) is 118 cm³/mol. The first-order chi connectivity index (χ1) is 15.4. The first-order valence-corrected chi connectivity index (χ1v) is 10.4. The van der Waals surface area contributed by atoms with Gasteiger partial charge >= 0.3 is 5.69 Å². The molecule has 0 spiro atoms. The number of aromatic nitrogens is 4. The smallest absolute Gasteiger partial charge is 0.332 e. The Balaban J connectivity index is 1.33. The second kappa shape index (κ2) is 7.45. The number of H-pyrrole nitrogens is 1. The molecule has 1 aromatic carbocycles. The molecule has 32 heavy (non-hydrogen) atoms. The maximum atomic E-state index is 13.0. The Kier molecular flexibility index (Phi) is 4.70. The van der Waals surface area contributed by atoms with Crippen molar-refractivity contribution in [1.29, 1.82) is 0 Å². The van der Waals surface area contributed by atoms with E-state index in [4.69, 9.17) is 0 Å². The molecule has 2 amide bonds. The number of aromatic amines is 1. The molecule has 0 bridgehead atoms. The number of imidazole rings is 1. The fraction of sp³-hybridized carbons (Fsp3) is 0.381. The summed E-state index contributed by atoms with van der Waals surface area (Å²) in [4.78, 5) is 62.9. The van der Waals surface area contributed by atoms with E-state index in [9.17, 15) is 19.2 Å². The molecule has 11 nitrogen and oxygen atoms in total. The van der Waals surface area contributed by atoms with Crippen molar-refractivity contribution in [3.8, 4) is 0 Å². The number of benzene rings is 1. The Morgan fingerprint density at radius 3 is 2.31 bits per heavy atom. The molecule has 2 aliphatic rings. The summed E-state index contributed by atoms with van der Waals surface area (Å²) < 4.78 is 2.39. The molecule has 2 aromatic heterocycles. The van der Waals surface area contributed by atoms with Gasteiger partial charge in [-0.05, 0) is 12.1 Å². The topological polar surface area (TPSA) is 117 Å². The molecule has 166 valence electrons. The number of amides is 2. The summed E-state index contributed by atoms with van der Waals surface area (Å²) in [7, 11) is 3.01. The molecule has 5 rings (SSSR count). The van der Waals surface area contributed by atoms with Gasteiger partial charge < -0.3 is 9.88 Å². The Labute approximate surface area is 182 Å². The maximum Gasteiger partial charge on any atom is 0.332 e. The highest BCUT2D eigenvalue weighted by Gasteiger charge is 2.43. The van der Waals surface area contributed by atoms with Crippen LogP contribution in [0.25, 0.3) is 11.2 Å². The van der Waals surface area contributed by atoms with Crippen molar-refractivity contribution in [2.45, 2.75) is 12.5 Å². The van der Waals surface area contributed by atoms with Gasteiger partial charge in [0, 0.05) is 40.3 Å². The van der Waals surface area contributed by atoms with Crippen LogP contribution in [0.1, 0.15) is 6.42 Å². The summed E-state index contributed by atoms with van der Waals surface area (Å²) in [6, 6.07) is 8.49. The Morgan fingerprint density at radius 2 is 1.62 bits per heavy atom. The van der Waals surface area contributed by atoms with Crippen LogP contribution in [0.3, 0.4) is 0 Å². The lowest BCUT2D eigenvalue weighted by atomic mass is 10.2. The predicted octanol–water partition coefficient (Wildman–Crippen LogP) is -0.586. The minimum Gasteiger partial charge on any atom is -0.340 e. The number of piperazine rings is 1. The number of para-hydroxylation sites is 1. The van der Waals surface area contributed by atoms with Crippen LogP contribution in [0.15, 0.2) is 39.9 Å². The van der Waals surface area contributed by atoms with Crippen molar-refractivity contribution >= 4 is 34.6 Å². The van der Waals surface area contributed by atoms with Gasteiger partial charge in [-0.2, -0.15) is 4.98 Å². The van der Waals surface area contributed by atoms with Crippen molar-refractivity contribution in [2.75, 3.05) is 36.0 Å². The van der Waals surface area contributed by atoms with E-state index in [1.165, 1.54) is 16.5 Å². The number of anilines is 2. The highest BCUT2D eigenvalue weighted by molar-refractivity contribution is 6.22. The molecule has 1 atom stereocenters. The number of rotatable bonds is 3. The number of carbonyl (C=O) groups is 2. The third-order valence-corrected chi connectivity index (χ3v) is 6.27. The number of hydrogen-bond donors (Lipinski definition) is 1. The minimum atomic E-state index is -0.478. The van der Waals surface area contributed by atoms with E-state index in [1.54, 1.807) is 31.3 Å². The summed E-state index contributed by atoms with van der Waals surface area (Å²) in [5.41, 5.74) is 0.333. The lowest BCUT2D eigenvalue weighted by Gasteiger charge is -2.36. The fourth-order valence-electron chi connectivity index (χ4n) is 4.46. The van der Waals surface area contributed by atoms with E-state index in [-0.39, 0.29) is 23.8 Å². The van der Waals surface area contributed by atoms with Crippen LogP contribution in [-0.4, -0.2) is 68.0 Å². The molecule has 0 unspecified atom stereocenters. The van der Waals surface area contributed by atoms with Crippen LogP contribution in [0.2, 0.25) is 0 Å². The normalized spacial score (nSPS) is 20.0. The van der Waals surface area contributed by atoms with E-state index in [0.717, 1.165) is 4.57 Å². The van der Waals surface area contributed by atoms with E-state index < -0.39 is 17.3 Å². The fourth-order valence-corrected chi connectivity index (χ4v) is 4.46. The number of carbonyl (C=O) groups excluding carboxylic acids is 2. The zero-order chi connectivity index (χ0) is 22.6. The number of imide groups is 1. The highest BCUT2D eigenvalue weighted by atomic mass is 16.2. The van der Waals surface area contributed by atoms with Crippen molar-refractivity contribution in [2.24, 2.45) is 14.1 Å². The largest absolute Gasteiger partial charge is 0.340 e. The van der Waals surface area contributed by atoms with Crippen molar-refractivity contribution in [1.82, 2.24) is 24.0 Å². The lowest BCUT2D eigenvalue weighted by Crippen LogP contribution is -2.52. The molecule has 3 aromatic rings. The summed E-state index contributed by atoms with van der Waals surface area (Å²) in [6.45, 7) is 2.27. The van der Waals surface area contributed by atoms with E-state index in [0.29, 0.717) is 43.5 Å². The van der Waals surface area contributed by atoms with Gasteiger partial charge in [0.2, 0.25) is 11.9 Å². The van der Waals surface area contributed by atoms with E-state index in [1.807, 2.05) is 15.9 Å². The van der Waals surface area contributed by atoms with Crippen LogP contribution < -0.4 is 21.0 Å². The Bertz CT molecular complexity index is 1330. The number of nitrogens with zero attached hydrogens (tertiary/aromatic N) is 6. The number of nitrogens with one attached hydrogen (secondary N) is 1. The SMILES string of the molecule is Cn1c(=O)c2[nH]c(N3CCN([C@@H]4CC(=O)N(c5ccccc5)C4=O)CC3)nc2n(C)c1=O. The van der Waals surface area contributed by atoms with Crippen molar-refractivity contribution < 1.29 is 9.59 Å². The van der Waals surface area contributed by atoms with Gasteiger partial charge in [-0.15, -0.1) is 0 Å². The zero-order valence-corrected chi connectivity index (χ0v) is 17.8.